The highest BCUT2D eigenvalue weighted by Crippen LogP contribution is 2.11. The number of methoxy groups -OCH3 is 2. The van der Waals surface area contributed by atoms with Gasteiger partial charge in [0.05, 0.1) is 18.9 Å². The maximum Gasteiger partial charge on any atom is 0.257 e. The van der Waals surface area contributed by atoms with Crippen LogP contribution in [0.5, 0.6) is 0 Å². The van der Waals surface area contributed by atoms with Gasteiger partial charge in [0.15, 0.2) is 5.03 Å². The lowest BCUT2D eigenvalue weighted by Gasteiger charge is -2.15. The molecule has 0 aliphatic rings. The average molecular weight is 320 g/mol. The van der Waals surface area contributed by atoms with Crippen LogP contribution in [0, 0.1) is 0 Å². The summed E-state index contributed by atoms with van der Waals surface area (Å²) in [6.07, 6.45) is 2.15. The second kappa shape index (κ2) is 9.11. The van der Waals surface area contributed by atoms with Crippen LogP contribution in [0.4, 0.5) is 0 Å². The van der Waals surface area contributed by atoms with E-state index < -0.39 is 10.0 Å². The molecule has 0 aliphatic carbocycles. The third-order valence-electron chi connectivity index (χ3n) is 2.88. The van der Waals surface area contributed by atoms with Gasteiger partial charge in [0.25, 0.3) is 10.0 Å². The molecule has 0 spiro atoms. The molecule has 1 aromatic rings. The molecule has 9 heteroatoms. The van der Waals surface area contributed by atoms with Gasteiger partial charge in [-0.2, -0.15) is 5.10 Å². The van der Waals surface area contributed by atoms with Crippen molar-refractivity contribution in [3.05, 3.63) is 11.8 Å². The summed E-state index contributed by atoms with van der Waals surface area (Å²) in [6, 6.07) is 0. The Morgan fingerprint density at radius 3 is 2.81 bits per heavy atom. The highest BCUT2D eigenvalue weighted by Gasteiger charge is 2.22. The van der Waals surface area contributed by atoms with E-state index in [4.69, 9.17) is 9.47 Å². The number of nitrogens with one attached hydrogen (secondary N) is 3. The Morgan fingerprint density at radius 1 is 1.43 bits per heavy atom. The van der Waals surface area contributed by atoms with E-state index >= 15 is 0 Å². The van der Waals surface area contributed by atoms with Gasteiger partial charge < -0.3 is 14.8 Å². The summed E-state index contributed by atoms with van der Waals surface area (Å²) in [6.45, 7) is 3.76. The van der Waals surface area contributed by atoms with Crippen molar-refractivity contribution in [2.24, 2.45) is 0 Å². The van der Waals surface area contributed by atoms with Gasteiger partial charge in [0.1, 0.15) is 0 Å². The SMILES string of the molecule is CCCNCc1cn[nH]c1S(=O)(=O)NCC(COC)OC. The second-order valence-corrected chi connectivity index (χ2v) is 6.27. The van der Waals surface area contributed by atoms with Crippen molar-refractivity contribution >= 4 is 10.0 Å². The normalized spacial score (nSPS) is 13.5. The Labute approximate surface area is 125 Å². The average Bonchev–Trinajstić information content (AvgIpc) is 2.93. The van der Waals surface area contributed by atoms with Crippen LogP contribution in [0.2, 0.25) is 0 Å². The van der Waals surface area contributed by atoms with E-state index in [0.717, 1.165) is 13.0 Å². The molecule has 0 aliphatic heterocycles. The first-order valence-electron chi connectivity index (χ1n) is 6.79. The van der Waals surface area contributed by atoms with Crippen molar-refractivity contribution in [2.75, 3.05) is 33.9 Å². The minimum absolute atomic E-state index is 0.0818. The van der Waals surface area contributed by atoms with Crippen LogP contribution in [0.25, 0.3) is 0 Å². The summed E-state index contributed by atoms with van der Waals surface area (Å²) < 4.78 is 37.1. The smallest absolute Gasteiger partial charge is 0.257 e. The molecular weight excluding hydrogens is 296 g/mol. The number of nitrogens with zero attached hydrogens (tertiary/aromatic N) is 1. The van der Waals surface area contributed by atoms with Crippen LogP contribution in [0.15, 0.2) is 11.2 Å². The molecule has 21 heavy (non-hydrogen) atoms. The molecule has 0 amide bonds. The molecule has 1 aromatic heterocycles. The molecule has 122 valence electrons. The lowest BCUT2D eigenvalue weighted by Crippen LogP contribution is -2.36. The minimum atomic E-state index is -3.65. The van der Waals surface area contributed by atoms with Crippen molar-refractivity contribution in [3.63, 3.8) is 0 Å². The topological polar surface area (TPSA) is 105 Å². The number of rotatable bonds is 11. The maximum absolute atomic E-state index is 12.3. The third kappa shape index (κ3) is 5.71. The van der Waals surface area contributed by atoms with Crippen LogP contribution in [-0.2, 0) is 26.0 Å². The Balaban J connectivity index is 2.67. The Morgan fingerprint density at radius 2 is 2.19 bits per heavy atom. The van der Waals surface area contributed by atoms with Crippen LogP contribution >= 0.6 is 0 Å². The molecule has 0 bridgehead atoms. The Bertz CT molecular complexity index is 503. The highest BCUT2D eigenvalue weighted by molar-refractivity contribution is 7.89. The Kier molecular flexibility index (Phi) is 7.83. The van der Waals surface area contributed by atoms with E-state index in [1.54, 1.807) is 0 Å². The van der Waals surface area contributed by atoms with E-state index in [1.165, 1.54) is 20.4 Å². The van der Waals surface area contributed by atoms with Crippen molar-refractivity contribution < 1.29 is 17.9 Å². The van der Waals surface area contributed by atoms with E-state index in [2.05, 4.69) is 20.2 Å². The number of aromatic amines is 1. The molecule has 1 unspecified atom stereocenters. The molecule has 3 N–H and O–H groups in total. The lowest BCUT2D eigenvalue weighted by molar-refractivity contribution is 0.0320. The summed E-state index contributed by atoms with van der Waals surface area (Å²) in [4.78, 5) is 0. The fourth-order valence-corrected chi connectivity index (χ4v) is 2.92. The summed E-state index contributed by atoms with van der Waals surface area (Å²) in [5.41, 5.74) is 0.608. The number of hydrogen-bond acceptors (Lipinski definition) is 6. The highest BCUT2D eigenvalue weighted by atomic mass is 32.2. The number of aromatic nitrogens is 2. The second-order valence-electron chi connectivity index (χ2n) is 4.57. The number of sulfonamides is 1. The molecule has 0 saturated carbocycles. The summed E-state index contributed by atoms with van der Waals surface area (Å²) in [7, 11) is -0.609. The minimum Gasteiger partial charge on any atom is -0.382 e. The van der Waals surface area contributed by atoms with Gasteiger partial charge in [-0.05, 0) is 13.0 Å². The van der Waals surface area contributed by atoms with Gasteiger partial charge in [-0.1, -0.05) is 6.92 Å². The largest absolute Gasteiger partial charge is 0.382 e. The lowest BCUT2D eigenvalue weighted by atomic mass is 10.3. The molecule has 1 atom stereocenters. The summed E-state index contributed by atoms with van der Waals surface area (Å²) in [5.74, 6) is 0. The number of H-pyrrole nitrogens is 1. The fourth-order valence-electron chi connectivity index (χ4n) is 1.73. The maximum atomic E-state index is 12.3. The molecule has 0 radical (unpaired) electrons. The molecule has 0 saturated heterocycles. The van der Waals surface area contributed by atoms with Gasteiger partial charge in [0.2, 0.25) is 0 Å². The zero-order chi connectivity index (χ0) is 15.7. The van der Waals surface area contributed by atoms with Crippen molar-refractivity contribution in [1.29, 1.82) is 0 Å². The molecular formula is C12H24N4O4S. The van der Waals surface area contributed by atoms with E-state index in [0.29, 0.717) is 18.7 Å². The van der Waals surface area contributed by atoms with Gasteiger partial charge in [-0.25, -0.2) is 13.1 Å². The first-order chi connectivity index (χ1) is 10.0. The van der Waals surface area contributed by atoms with E-state index in [9.17, 15) is 8.42 Å². The fraction of sp³-hybridized carbons (Fsp3) is 0.750. The first-order valence-corrected chi connectivity index (χ1v) is 8.27. The zero-order valence-corrected chi connectivity index (χ0v) is 13.5. The standard InChI is InChI=1S/C12H24N4O4S/c1-4-5-13-6-10-7-14-16-12(10)21(17,18)15-8-11(20-3)9-19-2/h7,11,13,15H,4-6,8-9H2,1-3H3,(H,14,16). The zero-order valence-electron chi connectivity index (χ0n) is 12.7. The van der Waals surface area contributed by atoms with Crippen LogP contribution in [0.1, 0.15) is 18.9 Å². The molecule has 0 fully saturated rings. The predicted octanol–water partition coefficient (Wildman–Crippen LogP) is -0.151. The van der Waals surface area contributed by atoms with Gasteiger partial charge in [-0.15, -0.1) is 0 Å². The Hall–Kier alpha value is -1.00. The quantitative estimate of drug-likeness (QED) is 0.490. The van der Waals surface area contributed by atoms with E-state index in [-0.39, 0.29) is 17.7 Å². The van der Waals surface area contributed by atoms with Crippen LogP contribution in [0.3, 0.4) is 0 Å². The molecule has 0 aromatic carbocycles. The van der Waals surface area contributed by atoms with Gasteiger partial charge in [-0.3, -0.25) is 5.10 Å². The first kappa shape index (κ1) is 18.1. The number of hydrogen-bond donors (Lipinski definition) is 3. The van der Waals surface area contributed by atoms with E-state index in [1.807, 2.05) is 6.92 Å². The molecule has 8 nitrogen and oxygen atoms in total. The molecule has 1 rings (SSSR count). The summed E-state index contributed by atoms with van der Waals surface area (Å²) in [5, 5.41) is 9.58. The summed E-state index contributed by atoms with van der Waals surface area (Å²) >= 11 is 0. The van der Waals surface area contributed by atoms with Crippen LogP contribution < -0.4 is 10.0 Å². The third-order valence-corrected chi connectivity index (χ3v) is 4.31. The monoisotopic (exact) mass is 320 g/mol. The van der Waals surface area contributed by atoms with Gasteiger partial charge in [0, 0.05) is 32.9 Å². The van der Waals surface area contributed by atoms with Gasteiger partial charge >= 0.3 is 0 Å². The van der Waals surface area contributed by atoms with Crippen molar-refractivity contribution in [1.82, 2.24) is 20.2 Å². The number of ether oxygens (including phenoxy) is 2. The van der Waals surface area contributed by atoms with Crippen molar-refractivity contribution in [3.8, 4) is 0 Å². The predicted molar refractivity (Wildman–Crippen MR) is 78.4 cm³/mol. The van der Waals surface area contributed by atoms with Crippen LogP contribution in [-0.4, -0.2) is 58.6 Å². The molecule has 1 heterocycles. The van der Waals surface area contributed by atoms with Crippen molar-refractivity contribution in [2.45, 2.75) is 31.0 Å².